The molecule has 0 saturated heterocycles. The van der Waals surface area contributed by atoms with E-state index in [-0.39, 0.29) is 11.8 Å². The van der Waals surface area contributed by atoms with Crippen molar-refractivity contribution in [3.63, 3.8) is 0 Å². The molecule has 0 heterocycles. The van der Waals surface area contributed by atoms with Crippen molar-refractivity contribution >= 4 is 27.6 Å². The Balaban J connectivity index is 2.51. The number of carbonyl (C=O) groups excluding carboxylic acids is 1. The molecular formula is C13H18BrFN2O. The molecule has 0 saturated carbocycles. The van der Waals surface area contributed by atoms with E-state index in [1.165, 1.54) is 6.07 Å². The van der Waals surface area contributed by atoms with E-state index in [4.69, 9.17) is 0 Å². The van der Waals surface area contributed by atoms with E-state index in [2.05, 4.69) is 33.5 Å². The lowest BCUT2D eigenvalue weighted by Crippen LogP contribution is -2.29. The second-order valence-corrected chi connectivity index (χ2v) is 5.02. The Morgan fingerprint density at radius 3 is 2.78 bits per heavy atom. The molecule has 2 N–H and O–H groups in total. The zero-order chi connectivity index (χ0) is 13.5. The van der Waals surface area contributed by atoms with Crippen molar-refractivity contribution in [1.29, 1.82) is 0 Å². The van der Waals surface area contributed by atoms with E-state index in [1.807, 2.05) is 6.92 Å². The third kappa shape index (κ3) is 4.64. The first-order valence-corrected chi connectivity index (χ1v) is 6.84. The largest absolute Gasteiger partial charge is 0.338 e. The molecular weight excluding hydrogens is 299 g/mol. The van der Waals surface area contributed by atoms with E-state index < -0.39 is 0 Å². The van der Waals surface area contributed by atoms with E-state index in [1.54, 1.807) is 6.07 Å². The highest BCUT2D eigenvalue weighted by molar-refractivity contribution is 9.10. The zero-order valence-corrected chi connectivity index (χ0v) is 12.2. The molecule has 0 bridgehead atoms. The lowest BCUT2D eigenvalue weighted by atomic mass is 10.2. The average Bonchev–Trinajstić information content (AvgIpc) is 2.32. The number of nitrogens with one attached hydrogen (secondary N) is 2. The van der Waals surface area contributed by atoms with Crippen molar-refractivity contribution in [3.8, 4) is 0 Å². The van der Waals surface area contributed by atoms with Gasteiger partial charge in [0.05, 0.1) is 4.47 Å². The van der Waals surface area contributed by atoms with Gasteiger partial charge in [0.2, 0.25) is 0 Å². The number of carbonyl (C=O) groups is 1. The van der Waals surface area contributed by atoms with Gasteiger partial charge < -0.3 is 10.6 Å². The third-order valence-corrected chi connectivity index (χ3v) is 3.19. The summed E-state index contributed by atoms with van der Waals surface area (Å²) in [6, 6.07) is 2.66. The van der Waals surface area contributed by atoms with Crippen molar-refractivity contribution < 1.29 is 9.18 Å². The monoisotopic (exact) mass is 316 g/mol. The van der Waals surface area contributed by atoms with Crippen LogP contribution in [0.1, 0.15) is 31.7 Å². The summed E-state index contributed by atoms with van der Waals surface area (Å²) >= 11 is 3.10. The highest BCUT2D eigenvalue weighted by Crippen LogP contribution is 2.23. The standard InChI is InChI=1S/C13H18BrFN2O/c1-3-4-5-6-16-13(18)17-12-8-11(15)10(14)7-9(12)2/h7-8H,3-6H2,1-2H3,(H2,16,17,18). The first kappa shape index (κ1) is 15.0. The fourth-order valence-electron chi connectivity index (χ4n) is 1.52. The summed E-state index contributed by atoms with van der Waals surface area (Å²) in [4.78, 5) is 11.6. The summed E-state index contributed by atoms with van der Waals surface area (Å²) in [7, 11) is 0. The van der Waals surface area contributed by atoms with Gasteiger partial charge in [-0.2, -0.15) is 0 Å². The van der Waals surface area contributed by atoms with Crippen molar-refractivity contribution in [2.75, 3.05) is 11.9 Å². The molecule has 100 valence electrons. The van der Waals surface area contributed by atoms with Gasteiger partial charge in [-0.25, -0.2) is 9.18 Å². The zero-order valence-electron chi connectivity index (χ0n) is 10.6. The number of aryl methyl sites for hydroxylation is 1. The van der Waals surface area contributed by atoms with Crippen LogP contribution in [-0.4, -0.2) is 12.6 Å². The second-order valence-electron chi connectivity index (χ2n) is 4.17. The summed E-state index contributed by atoms with van der Waals surface area (Å²) in [5.74, 6) is -0.387. The molecule has 0 aliphatic heterocycles. The van der Waals surface area contributed by atoms with Crippen LogP contribution < -0.4 is 10.6 Å². The lowest BCUT2D eigenvalue weighted by molar-refractivity contribution is 0.252. The van der Waals surface area contributed by atoms with Gasteiger partial charge in [-0.1, -0.05) is 19.8 Å². The van der Waals surface area contributed by atoms with Crippen molar-refractivity contribution in [2.24, 2.45) is 0 Å². The number of amides is 2. The number of unbranched alkanes of at least 4 members (excludes halogenated alkanes) is 2. The second kappa shape index (κ2) is 7.36. The SMILES string of the molecule is CCCCCNC(=O)Nc1cc(F)c(Br)cc1C. The minimum Gasteiger partial charge on any atom is -0.338 e. The van der Waals surface area contributed by atoms with Gasteiger partial charge >= 0.3 is 6.03 Å². The molecule has 5 heteroatoms. The number of hydrogen-bond donors (Lipinski definition) is 2. The summed E-state index contributed by atoms with van der Waals surface area (Å²) in [5, 5.41) is 5.39. The Hall–Kier alpha value is -1.10. The summed E-state index contributed by atoms with van der Waals surface area (Å²) in [6.45, 7) is 4.56. The van der Waals surface area contributed by atoms with E-state index in [9.17, 15) is 9.18 Å². The van der Waals surface area contributed by atoms with Crippen LogP contribution >= 0.6 is 15.9 Å². The first-order chi connectivity index (χ1) is 8.54. The molecule has 1 rings (SSSR count). The van der Waals surface area contributed by atoms with Crippen molar-refractivity contribution in [1.82, 2.24) is 5.32 Å². The first-order valence-electron chi connectivity index (χ1n) is 6.05. The third-order valence-electron chi connectivity index (χ3n) is 2.58. The molecule has 1 aromatic carbocycles. The van der Waals surface area contributed by atoms with E-state index in [0.717, 1.165) is 24.8 Å². The predicted molar refractivity (Wildman–Crippen MR) is 75.4 cm³/mol. The fraction of sp³-hybridized carbons (Fsp3) is 0.462. The van der Waals surface area contributed by atoms with Crippen molar-refractivity contribution in [2.45, 2.75) is 33.1 Å². The van der Waals surface area contributed by atoms with Gasteiger partial charge in [0.1, 0.15) is 5.82 Å². The van der Waals surface area contributed by atoms with Gasteiger partial charge in [-0.15, -0.1) is 0 Å². The van der Waals surface area contributed by atoms with Crippen LogP contribution in [-0.2, 0) is 0 Å². The molecule has 0 radical (unpaired) electrons. The predicted octanol–water partition coefficient (Wildman–Crippen LogP) is 4.21. The maximum atomic E-state index is 13.3. The van der Waals surface area contributed by atoms with Gasteiger partial charge in [0.15, 0.2) is 0 Å². The quantitative estimate of drug-likeness (QED) is 0.785. The molecule has 0 spiro atoms. The molecule has 0 unspecified atom stereocenters. The number of rotatable bonds is 5. The number of benzene rings is 1. The highest BCUT2D eigenvalue weighted by atomic mass is 79.9. The fourth-order valence-corrected chi connectivity index (χ4v) is 1.98. The normalized spacial score (nSPS) is 10.2. The lowest BCUT2D eigenvalue weighted by Gasteiger charge is -2.10. The van der Waals surface area contributed by atoms with E-state index in [0.29, 0.717) is 16.7 Å². The highest BCUT2D eigenvalue weighted by Gasteiger charge is 2.08. The minimum absolute atomic E-state index is 0.295. The molecule has 0 aliphatic carbocycles. The van der Waals surface area contributed by atoms with Gasteiger partial charge in [-0.3, -0.25) is 0 Å². The minimum atomic E-state index is -0.387. The van der Waals surface area contributed by atoms with Crippen LogP contribution in [0.25, 0.3) is 0 Å². The number of hydrogen-bond acceptors (Lipinski definition) is 1. The van der Waals surface area contributed by atoms with Crippen LogP contribution in [0.5, 0.6) is 0 Å². The molecule has 0 aromatic heterocycles. The average molecular weight is 317 g/mol. The molecule has 0 fully saturated rings. The molecule has 0 atom stereocenters. The molecule has 1 aromatic rings. The van der Waals surface area contributed by atoms with E-state index >= 15 is 0 Å². The van der Waals surface area contributed by atoms with Crippen LogP contribution in [0.2, 0.25) is 0 Å². The van der Waals surface area contributed by atoms with Crippen LogP contribution in [0.4, 0.5) is 14.9 Å². The summed E-state index contributed by atoms with van der Waals surface area (Å²) < 4.78 is 13.7. The van der Waals surface area contributed by atoms with Crippen LogP contribution in [0.15, 0.2) is 16.6 Å². The maximum Gasteiger partial charge on any atom is 0.319 e. The Morgan fingerprint density at radius 2 is 2.11 bits per heavy atom. The Bertz CT molecular complexity index is 424. The molecule has 18 heavy (non-hydrogen) atoms. The maximum absolute atomic E-state index is 13.3. The van der Waals surface area contributed by atoms with Crippen LogP contribution in [0.3, 0.4) is 0 Å². The van der Waals surface area contributed by atoms with Crippen LogP contribution in [0, 0.1) is 12.7 Å². The Morgan fingerprint density at radius 1 is 1.39 bits per heavy atom. The summed E-state index contributed by atoms with van der Waals surface area (Å²) in [5.41, 5.74) is 1.30. The molecule has 0 aliphatic rings. The number of urea groups is 1. The van der Waals surface area contributed by atoms with Crippen molar-refractivity contribution in [3.05, 3.63) is 28.0 Å². The molecule has 2 amide bonds. The van der Waals surface area contributed by atoms with Gasteiger partial charge in [0.25, 0.3) is 0 Å². The smallest absolute Gasteiger partial charge is 0.319 e. The Kier molecular flexibility index (Phi) is 6.12. The topological polar surface area (TPSA) is 41.1 Å². The number of halogens is 2. The Labute approximate surface area is 115 Å². The summed E-state index contributed by atoms with van der Waals surface area (Å²) in [6.07, 6.45) is 3.16. The number of anilines is 1. The van der Waals surface area contributed by atoms with Gasteiger partial charge in [-0.05, 0) is 47.0 Å². The molecule has 3 nitrogen and oxygen atoms in total. The van der Waals surface area contributed by atoms with Gasteiger partial charge in [0, 0.05) is 12.2 Å².